The van der Waals surface area contributed by atoms with E-state index in [9.17, 15) is 13.2 Å². The molecule has 0 saturated heterocycles. The summed E-state index contributed by atoms with van der Waals surface area (Å²) < 4.78 is 44.6. The molecule has 0 aromatic heterocycles. The van der Waals surface area contributed by atoms with E-state index in [0.717, 1.165) is 12.1 Å². The van der Waals surface area contributed by atoms with Crippen molar-refractivity contribution >= 4 is 0 Å². The number of nitrogens with one attached hydrogen (secondary N) is 1. The van der Waals surface area contributed by atoms with Gasteiger partial charge in [-0.2, -0.15) is 0 Å². The van der Waals surface area contributed by atoms with Gasteiger partial charge in [0.2, 0.25) is 0 Å². The Hall–Kier alpha value is -2.05. The molecule has 112 valence electrons. The lowest BCUT2D eigenvalue weighted by Crippen LogP contribution is -2.29. The molecule has 2 aromatic rings. The molecular weight excluding hydrogens is 281 g/mol. The normalized spacial score (nSPS) is 12.2. The molecule has 0 amide bonds. The van der Waals surface area contributed by atoms with E-state index in [1.54, 1.807) is 6.07 Å². The highest BCUT2D eigenvalue weighted by Gasteiger charge is 2.14. The van der Waals surface area contributed by atoms with Crippen molar-refractivity contribution in [1.82, 2.24) is 5.43 Å². The predicted octanol–water partition coefficient (Wildman–Crippen LogP) is 2.86. The lowest BCUT2D eigenvalue weighted by atomic mass is 9.99. The number of ether oxygens (including phenoxy) is 1. The molecule has 0 fully saturated rings. The summed E-state index contributed by atoms with van der Waals surface area (Å²) in [7, 11) is 1.37. The van der Waals surface area contributed by atoms with Gasteiger partial charge in [0.15, 0.2) is 23.2 Å². The summed E-state index contributed by atoms with van der Waals surface area (Å²) in [4.78, 5) is 0. The van der Waals surface area contributed by atoms with Gasteiger partial charge in [0.1, 0.15) is 0 Å². The summed E-state index contributed by atoms with van der Waals surface area (Å²) in [5.41, 5.74) is 3.67. The molecule has 2 rings (SSSR count). The van der Waals surface area contributed by atoms with Crippen molar-refractivity contribution in [1.29, 1.82) is 0 Å². The molecule has 0 aliphatic carbocycles. The van der Waals surface area contributed by atoms with Gasteiger partial charge >= 0.3 is 0 Å². The van der Waals surface area contributed by atoms with Crippen molar-refractivity contribution in [2.24, 2.45) is 5.84 Å². The van der Waals surface area contributed by atoms with Crippen LogP contribution in [0.25, 0.3) is 0 Å². The van der Waals surface area contributed by atoms with Crippen molar-refractivity contribution in [3.05, 3.63) is 65.0 Å². The summed E-state index contributed by atoms with van der Waals surface area (Å²) in [5, 5.41) is 0. The number of hydrazine groups is 1. The van der Waals surface area contributed by atoms with Crippen LogP contribution in [-0.2, 0) is 6.42 Å². The van der Waals surface area contributed by atoms with Crippen LogP contribution < -0.4 is 16.0 Å². The third-order valence-corrected chi connectivity index (χ3v) is 3.20. The molecule has 0 aliphatic rings. The van der Waals surface area contributed by atoms with Crippen molar-refractivity contribution in [2.75, 3.05) is 7.11 Å². The number of benzene rings is 2. The Morgan fingerprint density at radius 2 is 1.81 bits per heavy atom. The lowest BCUT2D eigenvalue weighted by Gasteiger charge is -2.17. The third-order valence-electron chi connectivity index (χ3n) is 3.20. The average Bonchev–Trinajstić information content (AvgIpc) is 2.48. The molecular formula is C15H15F3N2O. The maximum absolute atomic E-state index is 13.7. The van der Waals surface area contributed by atoms with Crippen molar-refractivity contribution < 1.29 is 17.9 Å². The predicted molar refractivity (Wildman–Crippen MR) is 73.1 cm³/mol. The summed E-state index contributed by atoms with van der Waals surface area (Å²) in [6.45, 7) is 0. The second-order valence-electron chi connectivity index (χ2n) is 4.57. The van der Waals surface area contributed by atoms with Crippen LogP contribution in [0.2, 0.25) is 0 Å². The van der Waals surface area contributed by atoms with E-state index in [-0.39, 0.29) is 5.75 Å². The molecule has 3 N–H and O–H groups in total. The monoisotopic (exact) mass is 296 g/mol. The molecule has 0 spiro atoms. The van der Waals surface area contributed by atoms with Gasteiger partial charge < -0.3 is 4.74 Å². The van der Waals surface area contributed by atoms with E-state index >= 15 is 0 Å². The Labute approximate surface area is 120 Å². The summed E-state index contributed by atoms with van der Waals surface area (Å²) in [6, 6.07) is 7.61. The first-order chi connectivity index (χ1) is 10.0. The van der Waals surface area contributed by atoms with E-state index in [0.29, 0.717) is 17.5 Å². The maximum atomic E-state index is 13.7. The molecule has 0 radical (unpaired) electrons. The number of hydrogen-bond acceptors (Lipinski definition) is 3. The van der Waals surface area contributed by atoms with E-state index in [2.05, 4.69) is 5.43 Å². The van der Waals surface area contributed by atoms with Crippen molar-refractivity contribution in [3.8, 4) is 5.75 Å². The quantitative estimate of drug-likeness (QED) is 0.659. The first-order valence-corrected chi connectivity index (χ1v) is 6.28. The molecule has 1 unspecified atom stereocenters. The summed E-state index contributed by atoms with van der Waals surface area (Å²) in [6.07, 6.45) is 0.291. The largest absolute Gasteiger partial charge is 0.494 e. The highest BCUT2D eigenvalue weighted by atomic mass is 19.2. The first-order valence-electron chi connectivity index (χ1n) is 6.28. The topological polar surface area (TPSA) is 47.3 Å². The van der Waals surface area contributed by atoms with Crippen LogP contribution in [-0.4, -0.2) is 7.11 Å². The van der Waals surface area contributed by atoms with Crippen LogP contribution in [0.1, 0.15) is 17.2 Å². The van der Waals surface area contributed by atoms with Gasteiger partial charge in [0.05, 0.1) is 13.2 Å². The van der Waals surface area contributed by atoms with Gasteiger partial charge in [-0.25, -0.2) is 13.2 Å². The SMILES string of the molecule is COc1ccc(C(Cc2ccc(F)c(F)c2)NN)cc1F. The standard InChI is InChI=1S/C15H15F3N2O/c1-21-15-5-3-10(8-13(15)18)14(20-19)7-9-2-4-11(16)12(17)6-9/h2-6,8,14,20H,7,19H2,1H3. The minimum atomic E-state index is -0.927. The van der Waals surface area contributed by atoms with E-state index < -0.39 is 23.5 Å². The Bertz CT molecular complexity index is 634. The maximum Gasteiger partial charge on any atom is 0.165 e. The van der Waals surface area contributed by atoms with Crippen LogP contribution in [0.15, 0.2) is 36.4 Å². The van der Waals surface area contributed by atoms with Crippen LogP contribution in [0, 0.1) is 17.5 Å². The average molecular weight is 296 g/mol. The molecule has 6 heteroatoms. The minimum Gasteiger partial charge on any atom is -0.494 e. The van der Waals surface area contributed by atoms with Gasteiger partial charge in [0, 0.05) is 0 Å². The first kappa shape index (κ1) is 15.3. The molecule has 3 nitrogen and oxygen atoms in total. The highest BCUT2D eigenvalue weighted by molar-refractivity contribution is 5.32. The fourth-order valence-electron chi connectivity index (χ4n) is 2.07. The second kappa shape index (κ2) is 6.60. The Morgan fingerprint density at radius 3 is 2.38 bits per heavy atom. The van der Waals surface area contributed by atoms with Crippen molar-refractivity contribution in [3.63, 3.8) is 0 Å². The summed E-state index contributed by atoms with van der Waals surface area (Å²) in [5.74, 6) is 3.25. The van der Waals surface area contributed by atoms with Gasteiger partial charge in [-0.1, -0.05) is 12.1 Å². The number of halogens is 3. The zero-order valence-electron chi connectivity index (χ0n) is 11.4. The van der Waals surface area contributed by atoms with E-state index in [1.165, 1.54) is 25.3 Å². The van der Waals surface area contributed by atoms with Gasteiger partial charge in [-0.3, -0.25) is 11.3 Å². The van der Waals surface area contributed by atoms with Crippen LogP contribution in [0.4, 0.5) is 13.2 Å². The highest BCUT2D eigenvalue weighted by Crippen LogP contribution is 2.24. The Morgan fingerprint density at radius 1 is 1.05 bits per heavy atom. The zero-order chi connectivity index (χ0) is 15.4. The van der Waals surface area contributed by atoms with Gasteiger partial charge in [0.25, 0.3) is 0 Å². The number of hydrogen-bond donors (Lipinski definition) is 2. The Balaban J connectivity index is 2.23. The molecule has 21 heavy (non-hydrogen) atoms. The molecule has 1 atom stereocenters. The summed E-state index contributed by atoms with van der Waals surface area (Å²) >= 11 is 0. The lowest BCUT2D eigenvalue weighted by molar-refractivity contribution is 0.385. The fourth-order valence-corrected chi connectivity index (χ4v) is 2.07. The van der Waals surface area contributed by atoms with Gasteiger partial charge in [-0.05, 0) is 41.8 Å². The molecule has 0 bridgehead atoms. The fraction of sp³-hybridized carbons (Fsp3) is 0.200. The molecule has 0 heterocycles. The van der Waals surface area contributed by atoms with Crippen LogP contribution in [0.3, 0.4) is 0 Å². The Kier molecular flexibility index (Phi) is 4.82. The molecule has 0 aliphatic heterocycles. The van der Waals surface area contributed by atoms with E-state index in [1.807, 2.05) is 0 Å². The van der Waals surface area contributed by atoms with Gasteiger partial charge in [-0.15, -0.1) is 0 Å². The van der Waals surface area contributed by atoms with Crippen LogP contribution >= 0.6 is 0 Å². The molecule has 0 saturated carbocycles. The molecule has 2 aromatic carbocycles. The van der Waals surface area contributed by atoms with E-state index in [4.69, 9.17) is 10.6 Å². The minimum absolute atomic E-state index is 0.127. The number of nitrogens with two attached hydrogens (primary N) is 1. The smallest absolute Gasteiger partial charge is 0.165 e. The number of methoxy groups -OCH3 is 1. The third kappa shape index (κ3) is 3.53. The van der Waals surface area contributed by atoms with Crippen LogP contribution in [0.5, 0.6) is 5.75 Å². The second-order valence-corrected chi connectivity index (χ2v) is 4.57. The zero-order valence-corrected chi connectivity index (χ0v) is 11.4. The van der Waals surface area contributed by atoms with Crippen molar-refractivity contribution in [2.45, 2.75) is 12.5 Å². The number of rotatable bonds is 5.